The summed E-state index contributed by atoms with van der Waals surface area (Å²) in [5.74, 6) is -3.16. The van der Waals surface area contributed by atoms with Crippen LogP contribution >= 0.6 is 11.6 Å². The summed E-state index contributed by atoms with van der Waals surface area (Å²) in [7, 11) is 0. The minimum Gasteiger partial charge on any atom is -0.451 e. The number of esters is 1. The number of nitrogens with zero attached hydrogens (tertiary/aromatic N) is 1. The number of ether oxygens (including phenoxy) is 1. The molecule has 0 saturated heterocycles. The van der Waals surface area contributed by atoms with E-state index in [0.29, 0.717) is 10.7 Å². The molecular formula is C18H12ClF2N3O3. The van der Waals surface area contributed by atoms with Crippen LogP contribution in [0.2, 0.25) is 5.02 Å². The monoisotopic (exact) mass is 391 g/mol. The van der Waals surface area contributed by atoms with E-state index < -0.39 is 30.1 Å². The van der Waals surface area contributed by atoms with Crippen LogP contribution in [0.1, 0.15) is 10.5 Å². The molecule has 1 heterocycles. The van der Waals surface area contributed by atoms with Gasteiger partial charge in [-0.05, 0) is 30.3 Å². The first-order chi connectivity index (χ1) is 12.9. The lowest BCUT2D eigenvalue weighted by Crippen LogP contribution is -2.21. The number of hydrogen-bond acceptors (Lipinski definition) is 4. The fraction of sp³-hybridized carbons (Fsp3) is 0.0556. The molecule has 0 aliphatic heterocycles. The van der Waals surface area contributed by atoms with Crippen LogP contribution in [0, 0.1) is 11.6 Å². The average Bonchev–Trinajstić information content (AvgIpc) is 3.13. The Morgan fingerprint density at radius 3 is 2.59 bits per heavy atom. The smallest absolute Gasteiger partial charge is 0.356 e. The second kappa shape index (κ2) is 7.96. The van der Waals surface area contributed by atoms with Crippen LogP contribution in [0.4, 0.5) is 14.5 Å². The number of benzene rings is 2. The third kappa shape index (κ3) is 4.68. The minimum atomic E-state index is -0.822. The first-order valence-corrected chi connectivity index (χ1v) is 8.03. The van der Waals surface area contributed by atoms with E-state index in [-0.39, 0.29) is 11.4 Å². The average molecular weight is 392 g/mol. The van der Waals surface area contributed by atoms with E-state index in [9.17, 15) is 18.4 Å². The molecule has 0 bridgehead atoms. The largest absolute Gasteiger partial charge is 0.451 e. The molecule has 0 radical (unpaired) electrons. The van der Waals surface area contributed by atoms with Gasteiger partial charge >= 0.3 is 5.97 Å². The Morgan fingerprint density at radius 2 is 1.85 bits per heavy atom. The maximum absolute atomic E-state index is 13.5. The second-order valence-electron chi connectivity index (χ2n) is 5.42. The van der Waals surface area contributed by atoms with Gasteiger partial charge in [0, 0.05) is 16.7 Å². The summed E-state index contributed by atoms with van der Waals surface area (Å²) in [5.41, 5.74) is 0.909. The van der Waals surface area contributed by atoms with Crippen LogP contribution in [0.15, 0.2) is 48.5 Å². The molecular weight excluding hydrogens is 380 g/mol. The SMILES string of the molecule is O=C(COC(=O)c1cc(-c2ccc(Cl)cc2)n[nH]1)Nc1cc(F)ccc1F. The molecule has 0 fully saturated rings. The summed E-state index contributed by atoms with van der Waals surface area (Å²) in [6.45, 7) is -0.677. The number of H-pyrrole nitrogens is 1. The van der Waals surface area contributed by atoms with Gasteiger partial charge in [0.15, 0.2) is 6.61 Å². The predicted octanol–water partition coefficient (Wildman–Crippen LogP) is 3.80. The lowest BCUT2D eigenvalue weighted by Gasteiger charge is -2.07. The predicted molar refractivity (Wildman–Crippen MR) is 94.3 cm³/mol. The number of carbonyl (C=O) groups excluding carboxylic acids is 2. The molecule has 6 nitrogen and oxygen atoms in total. The number of aromatic nitrogens is 2. The molecule has 2 aromatic carbocycles. The molecule has 0 unspecified atom stereocenters. The van der Waals surface area contributed by atoms with Crippen molar-refractivity contribution in [1.29, 1.82) is 0 Å². The maximum Gasteiger partial charge on any atom is 0.356 e. The molecule has 3 aromatic rings. The van der Waals surface area contributed by atoms with Crippen molar-refractivity contribution < 1.29 is 23.1 Å². The zero-order valence-electron chi connectivity index (χ0n) is 13.6. The van der Waals surface area contributed by atoms with E-state index in [1.165, 1.54) is 6.07 Å². The molecule has 2 N–H and O–H groups in total. The summed E-state index contributed by atoms with van der Waals surface area (Å²) >= 11 is 5.82. The van der Waals surface area contributed by atoms with E-state index in [4.69, 9.17) is 16.3 Å². The lowest BCUT2D eigenvalue weighted by molar-refractivity contribution is -0.119. The van der Waals surface area contributed by atoms with E-state index in [1.807, 2.05) is 0 Å². The summed E-state index contributed by atoms with van der Waals surface area (Å²) in [4.78, 5) is 23.7. The highest BCUT2D eigenvalue weighted by molar-refractivity contribution is 6.30. The quantitative estimate of drug-likeness (QED) is 0.648. The zero-order chi connectivity index (χ0) is 19.4. The van der Waals surface area contributed by atoms with Crippen molar-refractivity contribution in [2.75, 3.05) is 11.9 Å². The van der Waals surface area contributed by atoms with E-state index >= 15 is 0 Å². The summed E-state index contributed by atoms with van der Waals surface area (Å²) in [5, 5.41) is 9.19. The van der Waals surface area contributed by atoms with Crippen LogP contribution < -0.4 is 5.32 Å². The molecule has 0 saturated carbocycles. The lowest BCUT2D eigenvalue weighted by atomic mass is 10.1. The van der Waals surface area contributed by atoms with Gasteiger partial charge in [0.05, 0.1) is 11.4 Å². The fourth-order valence-corrected chi connectivity index (χ4v) is 2.31. The number of carbonyl (C=O) groups is 2. The van der Waals surface area contributed by atoms with E-state index in [2.05, 4.69) is 15.5 Å². The Bertz CT molecular complexity index is 990. The van der Waals surface area contributed by atoms with E-state index in [1.54, 1.807) is 24.3 Å². The first kappa shape index (κ1) is 18.5. The summed E-state index contributed by atoms with van der Waals surface area (Å²) in [6.07, 6.45) is 0. The van der Waals surface area contributed by atoms with Crippen LogP contribution in [-0.2, 0) is 9.53 Å². The minimum absolute atomic E-state index is 0.0321. The molecule has 0 aliphatic carbocycles. The normalized spacial score (nSPS) is 10.5. The number of anilines is 1. The van der Waals surface area contributed by atoms with E-state index in [0.717, 1.165) is 23.8 Å². The molecule has 1 amide bonds. The van der Waals surface area contributed by atoms with Crippen molar-refractivity contribution in [1.82, 2.24) is 10.2 Å². The van der Waals surface area contributed by atoms with Gasteiger partial charge < -0.3 is 10.1 Å². The Hall–Kier alpha value is -3.26. The molecule has 0 atom stereocenters. The number of rotatable bonds is 5. The van der Waals surface area contributed by atoms with Gasteiger partial charge in [-0.2, -0.15) is 5.10 Å². The maximum atomic E-state index is 13.5. The third-order valence-corrected chi connectivity index (χ3v) is 3.73. The number of aromatic amines is 1. The van der Waals surface area contributed by atoms with Crippen molar-refractivity contribution in [2.45, 2.75) is 0 Å². The number of nitrogens with one attached hydrogen (secondary N) is 2. The standard InChI is InChI=1S/C18H12ClF2N3O3/c19-11-3-1-10(2-4-11)14-8-16(24-23-14)18(26)27-9-17(25)22-15-7-12(20)5-6-13(15)21/h1-8H,9H2,(H,22,25)(H,23,24). The highest BCUT2D eigenvalue weighted by atomic mass is 35.5. The highest BCUT2D eigenvalue weighted by Gasteiger charge is 2.15. The highest BCUT2D eigenvalue weighted by Crippen LogP contribution is 2.20. The van der Waals surface area contributed by atoms with Crippen LogP contribution in [-0.4, -0.2) is 28.7 Å². The molecule has 3 rings (SSSR count). The topological polar surface area (TPSA) is 84.1 Å². The Labute approximate surface area is 157 Å². The number of hydrogen-bond donors (Lipinski definition) is 2. The van der Waals surface area contributed by atoms with Crippen molar-refractivity contribution in [3.63, 3.8) is 0 Å². The first-order valence-electron chi connectivity index (χ1n) is 7.66. The van der Waals surface area contributed by atoms with Gasteiger partial charge in [0.1, 0.15) is 17.3 Å². The Morgan fingerprint density at radius 1 is 1.11 bits per heavy atom. The van der Waals surface area contributed by atoms with Gasteiger partial charge in [0.25, 0.3) is 5.91 Å². The van der Waals surface area contributed by atoms with Crippen LogP contribution in [0.5, 0.6) is 0 Å². The number of halogens is 3. The van der Waals surface area contributed by atoms with Crippen molar-refractivity contribution >= 4 is 29.2 Å². The molecule has 138 valence electrons. The third-order valence-electron chi connectivity index (χ3n) is 3.47. The van der Waals surface area contributed by atoms with Crippen molar-refractivity contribution in [3.8, 4) is 11.3 Å². The van der Waals surface area contributed by atoms with Gasteiger partial charge in [-0.15, -0.1) is 0 Å². The molecule has 27 heavy (non-hydrogen) atoms. The van der Waals surface area contributed by atoms with Crippen molar-refractivity contribution in [3.05, 3.63) is 70.9 Å². The Balaban J connectivity index is 1.58. The molecule has 0 spiro atoms. The van der Waals surface area contributed by atoms with Gasteiger partial charge in [0.2, 0.25) is 0 Å². The Kier molecular flexibility index (Phi) is 5.46. The molecule has 0 aliphatic rings. The van der Waals surface area contributed by atoms with Crippen LogP contribution in [0.3, 0.4) is 0 Å². The number of amides is 1. The second-order valence-corrected chi connectivity index (χ2v) is 5.86. The van der Waals surface area contributed by atoms with Gasteiger partial charge in [-0.1, -0.05) is 23.7 Å². The summed E-state index contributed by atoms with van der Waals surface area (Å²) in [6, 6.07) is 10.9. The van der Waals surface area contributed by atoms with Crippen LogP contribution in [0.25, 0.3) is 11.3 Å². The molecule has 9 heteroatoms. The summed E-state index contributed by atoms with van der Waals surface area (Å²) < 4.78 is 31.4. The van der Waals surface area contributed by atoms with Gasteiger partial charge in [-0.25, -0.2) is 13.6 Å². The molecule has 1 aromatic heterocycles. The van der Waals surface area contributed by atoms with Gasteiger partial charge in [-0.3, -0.25) is 9.89 Å². The fourth-order valence-electron chi connectivity index (χ4n) is 2.18. The van der Waals surface area contributed by atoms with Crippen molar-refractivity contribution in [2.24, 2.45) is 0 Å². The zero-order valence-corrected chi connectivity index (χ0v) is 14.4.